The summed E-state index contributed by atoms with van der Waals surface area (Å²) in [7, 11) is 3.45. The lowest BCUT2D eigenvalue weighted by molar-refractivity contribution is -0.127. The Balaban J connectivity index is 0.00000625. The van der Waals surface area contributed by atoms with E-state index >= 15 is 0 Å². The molecule has 0 radical (unpaired) electrons. The van der Waals surface area contributed by atoms with Crippen molar-refractivity contribution in [3.63, 3.8) is 0 Å². The van der Waals surface area contributed by atoms with Gasteiger partial charge in [-0.3, -0.25) is 4.79 Å². The summed E-state index contributed by atoms with van der Waals surface area (Å²) in [6, 6.07) is 7.78. The van der Waals surface area contributed by atoms with Crippen LogP contribution in [-0.2, 0) is 16.0 Å². The molecule has 0 unspecified atom stereocenters. The van der Waals surface area contributed by atoms with Gasteiger partial charge in [-0.1, -0.05) is 23.7 Å². The molecule has 148 valence electrons. The topological polar surface area (TPSA) is 66.0 Å². The Morgan fingerprint density at radius 1 is 1.19 bits per heavy atom. The Labute approximate surface area is 178 Å². The number of benzene rings is 1. The summed E-state index contributed by atoms with van der Waals surface area (Å²) in [6.07, 6.45) is 1.73. The van der Waals surface area contributed by atoms with Crippen molar-refractivity contribution in [2.24, 2.45) is 4.99 Å². The minimum Gasteiger partial charge on any atom is -0.382 e. The van der Waals surface area contributed by atoms with Crippen molar-refractivity contribution in [1.29, 1.82) is 0 Å². The van der Waals surface area contributed by atoms with Gasteiger partial charge in [0.05, 0.1) is 0 Å². The molecular weight excluding hydrogens is 467 g/mol. The highest BCUT2D eigenvalue weighted by molar-refractivity contribution is 14.0. The van der Waals surface area contributed by atoms with E-state index in [1.165, 1.54) is 10.5 Å². The molecule has 8 heteroatoms. The zero-order valence-corrected chi connectivity index (χ0v) is 18.8. The molecule has 0 saturated heterocycles. The van der Waals surface area contributed by atoms with Crippen LogP contribution in [0.3, 0.4) is 0 Å². The summed E-state index contributed by atoms with van der Waals surface area (Å²) in [5.41, 5.74) is 1.19. The number of nitrogens with one attached hydrogen (secondary N) is 2. The minimum atomic E-state index is -0.0342. The molecule has 1 amide bonds. The summed E-state index contributed by atoms with van der Waals surface area (Å²) >= 11 is 5.90. The molecule has 1 aromatic carbocycles. The lowest BCUT2D eigenvalue weighted by atomic mass is 10.1. The van der Waals surface area contributed by atoms with Crippen molar-refractivity contribution in [1.82, 2.24) is 15.5 Å². The van der Waals surface area contributed by atoms with E-state index in [0.29, 0.717) is 12.6 Å². The van der Waals surface area contributed by atoms with E-state index in [9.17, 15) is 4.79 Å². The van der Waals surface area contributed by atoms with E-state index in [0.717, 1.165) is 37.6 Å². The third-order valence-corrected chi connectivity index (χ3v) is 3.70. The number of likely N-dealkylation sites (N-methyl/N-ethyl adjacent to an activating group) is 1. The fraction of sp³-hybridized carbons (Fsp3) is 0.556. The summed E-state index contributed by atoms with van der Waals surface area (Å²) < 4.78 is 5.32. The molecular formula is C18H30ClIN4O2. The number of hydrogen-bond donors (Lipinski definition) is 2. The van der Waals surface area contributed by atoms with Crippen LogP contribution in [0.25, 0.3) is 0 Å². The quantitative estimate of drug-likeness (QED) is 0.226. The standard InChI is InChI=1S/C18H29ClN4O2.HI/c1-4-25-13-5-11-20-18(22-14-17(24)23(2)3)21-12-10-15-6-8-16(19)9-7-15;/h6-9H,4-5,10-14H2,1-3H3,(H2,20,21,22);1H. The summed E-state index contributed by atoms with van der Waals surface area (Å²) in [6.45, 7) is 4.98. The first-order valence-electron chi connectivity index (χ1n) is 8.57. The summed E-state index contributed by atoms with van der Waals surface area (Å²) in [5.74, 6) is 0.605. The van der Waals surface area contributed by atoms with Crippen LogP contribution in [0.15, 0.2) is 29.3 Å². The van der Waals surface area contributed by atoms with E-state index in [2.05, 4.69) is 15.6 Å². The molecule has 1 aromatic rings. The number of carbonyl (C=O) groups is 1. The van der Waals surface area contributed by atoms with E-state index in [1.54, 1.807) is 14.1 Å². The van der Waals surface area contributed by atoms with E-state index in [-0.39, 0.29) is 36.4 Å². The van der Waals surface area contributed by atoms with Crippen molar-refractivity contribution in [2.45, 2.75) is 19.8 Å². The number of rotatable bonds is 10. The van der Waals surface area contributed by atoms with Gasteiger partial charge in [-0.2, -0.15) is 0 Å². The second-order valence-corrected chi connectivity index (χ2v) is 6.17. The normalized spacial score (nSPS) is 10.8. The highest BCUT2D eigenvalue weighted by Crippen LogP contribution is 2.09. The number of carbonyl (C=O) groups excluding carboxylic acids is 1. The van der Waals surface area contributed by atoms with Crippen molar-refractivity contribution < 1.29 is 9.53 Å². The number of halogens is 2. The number of guanidine groups is 1. The predicted octanol–water partition coefficient (Wildman–Crippen LogP) is 2.55. The maximum Gasteiger partial charge on any atom is 0.243 e. The van der Waals surface area contributed by atoms with Crippen LogP contribution in [0.1, 0.15) is 18.9 Å². The molecule has 0 saturated carbocycles. The molecule has 0 atom stereocenters. The number of aliphatic imine (C=N–C) groups is 1. The van der Waals surface area contributed by atoms with Crippen molar-refractivity contribution in [2.75, 3.05) is 46.9 Å². The van der Waals surface area contributed by atoms with Crippen LogP contribution in [-0.4, -0.2) is 63.7 Å². The highest BCUT2D eigenvalue weighted by atomic mass is 127. The van der Waals surface area contributed by atoms with E-state index < -0.39 is 0 Å². The zero-order chi connectivity index (χ0) is 18.5. The van der Waals surface area contributed by atoms with E-state index in [1.807, 2.05) is 31.2 Å². The molecule has 1 rings (SSSR count). The molecule has 26 heavy (non-hydrogen) atoms. The van der Waals surface area contributed by atoms with Gasteiger partial charge in [0.25, 0.3) is 0 Å². The predicted molar refractivity (Wildman–Crippen MR) is 119 cm³/mol. The Hall–Kier alpha value is -1.06. The zero-order valence-electron chi connectivity index (χ0n) is 15.8. The van der Waals surface area contributed by atoms with Crippen LogP contribution >= 0.6 is 35.6 Å². The molecule has 0 heterocycles. The fourth-order valence-corrected chi connectivity index (χ4v) is 2.09. The van der Waals surface area contributed by atoms with Crippen LogP contribution in [0.4, 0.5) is 0 Å². The minimum absolute atomic E-state index is 0. The molecule has 6 nitrogen and oxygen atoms in total. The van der Waals surface area contributed by atoms with Gasteiger partial charge < -0.3 is 20.3 Å². The highest BCUT2D eigenvalue weighted by Gasteiger charge is 2.04. The molecule has 0 aliphatic rings. The third kappa shape index (κ3) is 11.5. The van der Waals surface area contributed by atoms with Gasteiger partial charge in [-0.25, -0.2) is 4.99 Å². The molecule has 0 aliphatic carbocycles. The van der Waals surface area contributed by atoms with Gasteiger partial charge in [0, 0.05) is 45.4 Å². The van der Waals surface area contributed by atoms with Crippen LogP contribution in [0.2, 0.25) is 5.02 Å². The average Bonchev–Trinajstić information content (AvgIpc) is 2.60. The number of ether oxygens (including phenoxy) is 1. The summed E-state index contributed by atoms with van der Waals surface area (Å²) in [5, 5.41) is 7.23. The van der Waals surface area contributed by atoms with Crippen LogP contribution < -0.4 is 10.6 Å². The first kappa shape index (κ1) is 24.9. The maximum absolute atomic E-state index is 11.7. The second kappa shape index (κ2) is 15.0. The first-order valence-corrected chi connectivity index (χ1v) is 8.95. The number of hydrogen-bond acceptors (Lipinski definition) is 3. The molecule has 0 aromatic heterocycles. The van der Waals surface area contributed by atoms with Crippen LogP contribution in [0.5, 0.6) is 0 Å². The largest absolute Gasteiger partial charge is 0.382 e. The monoisotopic (exact) mass is 496 g/mol. The Kier molecular flexibility index (Phi) is 14.4. The van der Waals surface area contributed by atoms with Crippen molar-refractivity contribution in [3.8, 4) is 0 Å². The fourth-order valence-electron chi connectivity index (χ4n) is 1.96. The lowest BCUT2D eigenvalue weighted by Crippen LogP contribution is -2.40. The smallest absolute Gasteiger partial charge is 0.243 e. The van der Waals surface area contributed by atoms with Gasteiger partial charge in [-0.05, 0) is 37.5 Å². The van der Waals surface area contributed by atoms with Gasteiger partial charge in [0.2, 0.25) is 5.91 Å². The average molecular weight is 497 g/mol. The molecule has 2 N–H and O–H groups in total. The second-order valence-electron chi connectivity index (χ2n) is 5.73. The molecule has 0 aliphatic heterocycles. The maximum atomic E-state index is 11.7. The molecule has 0 fully saturated rings. The van der Waals surface area contributed by atoms with Crippen molar-refractivity contribution >= 4 is 47.4 Å². The Morgan fingerprint density at radius 2 is 1.85 bits per heavy atom. The number of amides is 1. The molecule has 0 spiro atoms. The van der Waals surface area contributed by atoms with E-state index in [4.69, 9.17) is 16.3 Å². The van der Waals surface area contributed by atoms with Gasteiger partial charge in [0.1, 0.15) is 6.54 Å². The first-order chi connectivity index (χ1) is 12.0. The van der Waals surface area contributed by atoms with Crippen molar-refractivity contribution in [3.05, 3.63) is 34.9 Å². The summed E-state index contributed by atoms with van der Waals surface area (Å²) in [4.78, 5) is 17.6. The number of nitrogens with zero attached hydrogens (tertiary/aromatic N) is 2. The van der Waals surface area contributed by atoms with Gasteiger partial charge in [-0.15, -0.1) is 24.0 Å². The third-order valence-electron chi connectivity index (χ3n) is 3.45. The van der Waals surface area contributed by atoms with Crippen LogP contribution in [0, 0.1) is 0 Å². The lowest BCUT2D eigenvalue weighted by Gasteiger charge is -2.14. The molecule has 0 bridgehead atoms. The SMILES string of the molecule is CCOCCCNC(=NCC(=O)N(C)C)NCCc1ccc(Cl)cc1.I. The van der Waals surface area contributed by atoms with Gasteiger partial charge >= 0.3 is 0 Å². The Morgan fingerprint density at radius 3 is 2.46 bits per heavy atom. The van der Waals surface area contributed by atoms with Gasteiger partial charge in [0.15, 0.2) is 5.96 Å². The Bertz CT molecular complexity index is 538.